The number of benzene rings is 1. The number of rotatable bonds is 3. The van der Waals surface area contributed by atoms with E-state index in [4.69, 9.17) is 0 Å². The van der Waals surface area contributed by atoms with E-state index in [1.54, 1.807) is 22.8 Å². The molecule has 1 fully saturated rings. The summed E-state index contributed by atoms with van der Waals surface area (Å²) in [4.78, 5) is 17.5. The van der Waals surface area contributed by atoms with Crippen molar-refractivity contribution in [3.05, 3.63) is 28.7 Å². The molecule has 0 radical (unpaired) electrons. The molecule has 3 rings (SSSR count). The van der Waals surface area contributed by atoms with Crippen LogP contribution in [0.15, 0.2) is 23.0 Å². The second-order valence-corrected chi connectivity index (χ2v) is 6.34. The lowest BCUT2D eigenvalue weighted by atomic mass is 9.97. The smallest absolute Gasteiger partial charge is 0.326 e. The molecule has 1 unspecified atom stereocenters. The third kappa shape index (κ3) is 2.83. The predicted molar refractivity (Wildman–Crippen MR) is 83.7 cm³/mol. The van der Waals surface area contributed by atoms with Gasteiger partial charge in [-0.25, -0.2) is 4.79 Å². The molecule has 5 nitrogen and oxygen atoms in total. The van der Waals surface area contributed by atoms with Gasteiger partial charge in [0.1, 0.15) is 5.75 Å². The van der Waals surface area contributed by atoms with Gasteiger partial charge in [0.25, 0.3) is 0 Å². The van der Waals surface area contributed by atoms with Crippen molar-refractivity contribution in [3.8, 4) is 5.75 Å². The van der Waals surface area contributed by atoms with Crippen molar-refractivity contribution in [3.63, 3.8) is 0 Å². The highest BCUT2D eigenvalue weighted by atomic mass is 16.3. The normalized spacial score (nSPS) is 20.4. The second kappa shape index (κ2) is 5.56. The molecule has 2 N–H and O–H groups in total. The summed E-state index contributed by atoms with van der Waals surface area (Å²) in [6.07, 6.45) is 2.34. The summed E-state index contributed by atoms with van der Waals surface area (Å²) in [6, 6.07) is 5.57. The van der Waals surface area contributed by atoms with E-state index in [1.165, 1.54) is 6.42 Å². The van der Waals surface area contributed by atoms with Gasteiger partial charge >= 0.3 is 5.69 Å². The molecule has 0 saturated carbocycles. The van der Waals surface area contributed by atoms with Crippen LogP contribution in [0, 0.1) is 5.92 Å². The number of imidazole rings is 1. The van der Waals surface area contributed by atoms with Crippen molar-refractivity contribution in [1.29, 1.82) is 0 Å². The third-order valence-electron chi connectivity index (χ3n) is 4.48. The Morgan fingerprint density at radius 1 is 1.43 bits per heavy atom. The Morgan fingerprint density at radius 3 is 3.00 bits per heavy atom. The minimum absolute atomic E-state index is 0.0859. The second-order valence-electron chi connectivity index (χ2n) is 6.34. The molecule has 1 atom stereocenters. The van der Waals surface area contributed by atoms with E-state index in [-0.39, 0.29) is 11.4 Å². The van der Waals surface area contributed by atoms with E-state index >= 15 is 0 Å². The number of fused-ring (bicyclic) bond motifs is 1. The lowest BCUT2D eigenvalue weighted by Crippen LogP contribution is -2.41. The van der Waals surface area contributed by atoms with Gasteiger partial charge in [0.05, 0.1) is 11.0 Å². The number of phenols is 1. The molecule has 0 bridgehead atoms. The molecule has 0 spiro atoms. The average Bonchev–Trinajstić information content (AvgIpc) is 2.75. The molecule has 2 aromatic rings. The lowest BCUT2D eigenvalue weighted by molar-refractivity contribution is 0.131. The average molecular weight is 289 g/mol. The van der Waals surface area contributed by atoms with Crippen LogP contribution in [-0.4, -0.2) is 38.7 Å². The highest BCUT2D eigenvalue weighted by molar-refractivity contribution is 5.76. The molecule has 0 aliphatic carbocycles. The Bertz CT molecular complexity index is 686. The van der Waals surface area contributed by atoms with Gasteiger partial charge in [-0.05, 0) is 51.3 Å². The van der Waals surface area contributed by atoms with Crippen LogP contribution in [0.1, 0.15) is 26.7 Å². The zero-order chi connectivity index (χ0) is 15.0. The predicted octanol–water partition coefficient (Wildman–Crippen LogP) is 2.16. The number of aromatic nitrogens is 2. The quantitative estimate of drug-likeness (QED) is 0.910. The van der Waals surface area contributed by atoms with Crippen molar-refractivity contribution in [2.24, 2.45) is 5.92 Å². The molecule has 21 heavy (non-hydrogen) atoms. The van der Waals surface area contributed by atoms with Gasteiger partial charge in [0, 0.05) is 25.2 Å². The highest BCUT2D eigenvalue weighted by Crippen LogP contribution is 2.22. The fraction of sp³-hybridized carbons (Fsp3) is 0.562. The summed E-state index contributed by atoms with van der Waals surface area (Å²) in [6.45, 7) is 7.34. The van der Waals surface area contributed by atoms with Gasteiger partial charge < -0.3 is 15.0 Å². The molecule has 5 heteroatoms. The monoisotopic (exact) mass is 289 g/mol. The van der Waals surface area contributed by atoms with Gasteiger partial charge in [-0.1, -0.05) is 0 Å². The number of nitrogens with one attached hydrogen (secondary N) is 1. The fourth-order valence-electron chi connectivity index (χ4n) is 3.30. The van der Waals surface area contributed by atoms with Gasteiger partial charge in [-0.15, -0.1) is 0 Å². The Labute approximate surface area is 124 Å². The molecular weight excluding hydrogens is 266 g/mol. The van der Waals surface area contributed by atoms with Gasteiger partial charge in [-0.2, -0.15) is 0 Å². The maximum atomic E-state index is 12.2. The molecule has 1 aromatic heterocycles. The Morgan fingerprint density at radius 2 is 2.24 bits per heavy atom. The van der Waals surface area contributed by atoms with Crippen molar-refractivity contribution in [2.75, 3.05) is 13.1 Å². The molecule has 114 valence electrons. The van der Waals surface area contributed by atoms with Crippen molar-refractivity contribution in [2.45, 2.75) is 39.3 Å². The van der Waals surface area contributed by atoms with E-state index < -0.39 is 0 Å². The number of likely N-dealkylation sites (tertiary alicyclic amines) is 1. The molecular formula is C16H23N3O2. The summed E-state index contributed by atoms with van der Waals surface area (Å²) in [5.41, 5.74) is 1.49. The lowest BCUT2D eigenvalue weighted by Gasteiger charge is -2.35. The van der Waals surface area contributed by atoms with Crippen LogP contribution in [0.5, 0.6) is 5.75 Å². The number of aromatic hydroxyl groups is 1. The topological polar surface area (TPSA) is 61.3 Å². The summed E-state index contributed by atoms with van der Waals surface area (Å²) in [5.74, 6) is 0.683. The molecule has 0 amide bonds. The number of aromatic amines is 1. The maximum Gasteiger partial charge on any atom is 0.326 e. The third-order valence-corrected chi connectivity index (χ3v) is 4.48. The van der Waals surface area contributed by atoms with E-state index in [2.05, 4.69) is 23.7 Å². The highest BCUT2D eigenvalue weighted by Gasteiger charge is 2.23. The van der Waals surface area contributed by atoms with E-state index in [9.17, 15) is 9.90 Å². The summed E-state index contributed by atoms with van der Waals surface area (Å²) >= 11 is 0. The molecule has 2 heterocycles. The van der Waals surface area contributed by atoms with Gasteiger partial charge in [-0.3, -0.25) is 4.57 Å². The minimum atomic E-state index is -0.0859. The number of hydrogen-bond acceptors (Lipinski definition) is 3. The number of phenolic OH excluding ortho intramolecular Hbond substituents is 1. The largest absolute Gasteiger partial charge is 0.508 e. The standard InChI is InChI=1S/C16H23N3O2/c1-11(2)18-7-3-4-12(9-18)10-19-15-8-13(20)5-6-14(15)17-16(19)21/h5-6,8,11-12,20H,3-4,7,9-10H2,1-2H3,(H,17,21). The Hall–Kier alpha value is -1.75. The van der Waals surface area contributed by atoms with Crippen LogP contribution in [-0.2, 0) is 6.54 Å². The van der Waals surface area contributed by atoms with Crippen LogP contribution in [0.3, 0.4) is 0 Å². The number of piperidine rings is 1. The summed E-state index contributed by atoms with van der Waals surface area (Å²) < 4.78 is 1.77. The number of hydrogen-bond donors (Lipinski definition) is 2. The first kappa shape index (κ1) is 14.2. The SMILES string of the molecule is CC(C)N1CCCC(Cn2c(=O)[nH]c3ccc(O)cc32)C1. The maximum absolute atomic E-state index is 12.2. The summed E-state index contributed by atoms with van der Waals surface area (Å²) in [5, 5.41) is 9.65. The zero-order valence-electron chi connectivity index (χ0n) is 12.7. The van der Waals surface area contributed by atoms with Crippen LogP contribution in [0.4, 0.5) is 0 Å². The molecule has 1 aliphatic rings. The van der Waals surface area contributed by atoms with E-state index in [0.717, 1.165) is 30.5 Å². The van der Waals surface area contributed by atoms with Crippen LogP contribution in [0.25, 0.3) is 11.0 Å². The Balaban J connectivity index is 1.86. The molecule has 1 saturated heterocycles. The number of nitrogens with zero attached hydrogens (tertiary/aromatic N) is 2. The van der Waals surface area contributed by atoms with Crippen molar-refractivity contribution < 1.29 is 5.11 Å². The zero-order valence-corrected chi connectivity index (χ0v) is 12.7. The fourth-order valence-corrected chi connectivity index (χ4v) is 3.30. The van der Waals surface area contributed by atoms with E-state index in [1.807, 2.05) is 0 Å². The van der Waals surface area contributed by atoms with Crippen molar-refractivity contribution >= 4 is 11.0 Å². The first-order valence-corrected chi connectivity index (χ1v) is 7.70. The summed E-state index contributed by atoms with van der Waals surface area (Å²) in [7, 11) is 0. The molecule has 1 aliphatic heterocycles. The van der Waals surface area contributed by atoms with Gasteiger partial charge in [0.2, 0.25) is 0 Å². The van der Waals surface area contributed by atoms with Crippen molar-refractivity contribution in [1.82, 2.24) is 14.5 Å². The Kier molecular flexibility index (Phi) is 3.76. The minimum Gasteiger partial charge on any atom is -0.508 e. The van der Waals surface area contributed by atoms with Crippen LogP contribution in [0.2, 0.25) is 0 Å². The van der Waals surface area contributed by atoms with Crippen LogP contribution < -0.4 is 5.69 Å². The first-order valence-electron chi connectivity index (χ1n) is 7.70. The van der Waals surface area contributed by atoms with E-state index in [0.29, 0.717) is 18.5 Å². The van der Waals surface area contributed by atoms with Gasteiger partial charge in [0.15, 0.2) is 0 Å². The molecule has 1 aromatic carbocycles. The van der Waals surface area contributed by atoms with Crippen LogP contribution >= 0.6 is 0 Å². The first-order chi connectivity index (χ1) is 10.0. The number of H-pyrrole nitrogens is 1.